The monoisotopic (exact) mass is 318 g/mol. The van der Waals surface area contributed by atoms with Crippen LogP contribution in [0.5, 0.6) is 0 Å². The van der Waals surface area contributed by atoms with Crippen molar-refractivity contribution in [1.29, 1.82) is 0 Å². The second kappa shape index (κ2) is 7.93. The first-order valence-electron chi connectivity index (χ1n) is 6.86. The molecular weight excluding hydrogens is 300 g/mol. The van der Waals surface area contributed by atoms with Gasteiger partial charge in [-0.15, -0.1) is 11.8 Å². The van der Waals surface area contributed by atoms with Crippen LogP contribution in [0.1, 0.15) is 17.2 Å². The number of nitrogens with zero attached hydrogens (tertiary/aromatic N) is 1. The Labute approximate surface area is 133 Å². The first kappa shape index (κ1) is 16.5. The molecule has 0 spiro atoms. The molecule has 0 saturated heterocycles. The van der Waals surface area contributed by atoms with E-state index in [1.165, 1.54) is 17.0 Å². The fourth-order valence-electron chi connectivity index (χ4n) is 2.03. The summed E-state index contributed by atoms with van der Waals surface area (Å²) in [5.41, 5.74) is 1.84. The highest BCUT2D eigenvalue weighted by Crippen LogP contribution is 2.18. The lowest BCUT2D eigenvalue weighted by atomic mass is 10.1. The third kappa shape index (κ3) is 4.56. The summed E-state index contributed by atoms with van der Waals surface area (Å²) in [6, 6.07) is 14.2. The third-order valence-corrected chi connectivity index (χ3v) is 4.06. The lowest BCUT2D eigenvalue weighted by molar-refractivity contribution is -0.384. The second-order valence-corrected chi connectivity index (χ2v) is 5.72. The van der Waals surface area contributed by atoms with Crippen molar-refractivity contribution < 1.29 is 10.0 Å². The highest BCUT2D eigenvalue weighted by Gasteiger charge is 2.10. The standard InChI is InChI=1S/C16H18N2O3S/c1-22-15-8-2-12(3-9-15)10-17-11-16(19)13-4-6-14(7-5-13)18(20)21/h2-9,16-17,19H,10-11H2,1H3/t16-/m1/s1. The summed E-state index contributed by atoms with van der Waals surface area (Å²) < 4.78 is 0. The molecule has 2 N–H and O–H groups in total. The van der Waals surface area contributed by atoms with Crippen LogP contribution >= 0.6 is 11.8 Å². The number of nitro groups is 1. The van der Waals surface area contributed by atoms with Crippen LogP contribution in [0.3, 0.4) is 0 Å². The molecule has 5 nitrogen and oxygen atoms in total. The van der Waals surface area contributed by atoms with E-state index in [-0.39, 0.29) is 5.69 Å². The number of nitrogens with one attached hydrogen (secondary N) is 1. The van der Waals surface area contributed by atoms with Crippen LogP contribution in [-0.2, 0) is 6.54 Å². The van der Waals surface area contributed by atoms with E-state index in [9.17, 15) is 15.2 Å². The quantitative estimate of drug-likeness (QED) is 0.466. The summed E-state index contributed by atoms with van der Waals surface area (Å²) in [4.78, 5) is 11.4. The van der Waals surface area contributed by atoms with E-state index in [4.69, 9.17) is 0 Å². The van der Waals surface area contributed by atoms with E-state index >= 15 is 0 Å². The highest BCUT2D eigenvalue weighted by molar-refractivity contribution is 7.98. The fraction of sp³-hybridized carbons (Fsp3) is 0.250. The van der Waals surface area contributed by atoms with Gasteiger partial charge in [0.15, 0.2) is 0 Å². The zero-order valence-corrected chi connectivity index (χ0v) is 13.0. The van der Waals surface area contributed by atoms with Gasteiger partial charge in [0.1, 0.15) is 0 Å². The number of aliphatic hydroxyl groups excluding tert-OH is 1. The van der Waals surface area contributed by atoms with E-state index in [0.717, 1.165) is 5.56 Å². The molecule has 0 aromatic heterocycles. The summed E-state index contributed by atoms with van der Waals surface area (Å²) in [7, 11) is 0. The molecule has 0 heterocycles. The van der Waals surface area contributed by atoms with Crippen LogP contribution in [0, 0.1) is 10.1 Å². The summed E-state index contributed by atoms with van der Waals surface area (Å²) in [5, 5.41) is 23.8. The Kier molecular flexibility index (Phi) is 5.94. The SMILES string of the molecule is CSc1ccc(CNC[C@@H](O)c2ccc([N+](=O)[O-])cc2)cc1. The van der Waals surface area contributed by atoms with Crippen LogP contribution in [-0.4, -0.2) is 22.8 Å². The summed E-state index contributed by atoms with van der Waals surface area (Å²) in [6.45, 7) is 1.06. The lowest BCUT2D eigenvalue weighted by Gasteiger charge is -2.12. The van der Waals surface area contributed by atoms with Crippen molar-refractivity contribution in [3.8, 4) is 0 Å². The summed E-state index contributed by atoms with van der Waals surface area (Å²) >= 11 is 1.70. The van der Waals surface area contributed by atoms with Gasteiger partial charge in [0.25, 0.3) is 5.69 Å². The van der Waals surface area contributed by atoms with E-state index in [2.05, 4.69) is 29.6 Å². The first-order valence-corrected chi connectivity index (χ1v) is 8.08. The number of hydrogen-bond acceptors (Lipinski definition) is 5. The molecule has 0 unspecified atom stereocenters. The van der Waals surface area contributed by atoms with Crippen LogP contribution in [0.25, 0.3) is 0 Å². The zero-order chi connectivity index (χ0) is 15.9. The Hall–Kier alpha value is -1.89. The van der Waals surface area contributed by atoms with Gasteiger partial charge in [-0.3, -0.25) is 10.1 Å². The molecule has 0 radical (unpaired) electrons. The van der Waals surface area contributed by atoms with Gasteiger partial charge in [0, 0.05) is 30.1 Å². The van der Waals surface area contributed by atoms with Gasteiger partial charge < -0.3 is 10.4 Å². The molecule has 0 saturated carbocycles. The van der Waals surface area contributed by atoms with Crippen molar-refractivity contribution in [2.75, 3.05) is 12.8 Å². The van der Waals surface area contributed by atoms with Crippen molar-refractivity contribution >= 4 is 17.4 Å². The molecule has 1 atom stereocenters. The smallest absolute Gasteiger partial charge is 0.269 e. The number of aliphatic hydroxyl groups is 1. The highest BCUT2D eigenvalue weighted by atomic mass is 32.2. The molecule has 0 aliphatic rings. The van der Waals surface area contributed by atoms with E-state index in [1.807, 2.05) is 6.26 Å². The van der Waals surface area contributed by atoms with Gasteiger partial charge in [-0.2, -0.15) is 0 Å². The number of thioether (sulfide) groups is 1. The Morgan fingerprint density at radius 2 is 1.82 bits per heavy atom. The van der Waals surface area contributed by atoms with E-state index in [1.54, 1.807) is 23.9 Å². The van der Waals surface area contributed by atoms with E-state index in [0.29, 0.717) is 18.7 Å². The first-order chi connectivity index (χ1) is 10.6. The van der Waals surface area contributed by atoms with Gasteiger partial charge in [0.05, 0.1) is 11.0 Å². The van der Waals surface area contributed by atoms with Crippen LogP contribution in [0.15, 0.2) is 53.4 Å². The number of non-ortho nitro benzene ring substituents is 1. The van der Waals surface area contributed by atoms with Gasteiger partial charge >= 0.3 is 0 Å². The molecule has 0 bridgehead atoms. The summed E-state index contributed by atoms with van der Waals surface area (Å²) in [5.74, 6) is 0. The average Bonchev–Trinajstić information content (AvgIpc) is 2.55. The zero-order valence-electron chi connectivity index (χ0n) is 12.2. The van der Waals surface area contributed by atoms with Crippen LogP contribution in [0.4, 0.5) is 5.69 Å². The number of benzene rings is 2. The molecule has 0 fully saturated rings. The maximum atomic E-state index is 10.6. The Balaban J connectivity index is 1.83. The summed E-state index contributed by atoms with van der Waals surface area (Å²) in [6.07, 6.45) is 1.35. The minimum Gasteiger partial charge on any atom is -0.387 e. The lowest BCUT2D eigenvalue weighted by Crippen LogP contribution is -2.21. The maximum absolute atomic E-state index is 10.6. The average molecular weight is 318 g/mol. The number of nitro benzene ring substituents is 1. The predicted molar refractivity (Wildman–Crippen MR) is 88.0 cm³/mol. The van der Waals surface area contributed by atoms with Gasteiger partial charge in [-0.1, -0.05) is 12.1 Å². The minimum absolute atomic E-state index is 0.0257. The molecule has 6 heteroatoms. The Morgan fingerprint density at radius 1 is 1.18 bits per heavy atom. The normalized spacial score (nSPS) is 12.1. The molecule has 2 aromatic rings. The maximum Gasteiger partial charge on any atom is 0.269 e. The largest absolute Gasteiger partial charge is 0.387 e. The molecule has 0 aliphatic carbocycles. The van der Waals surface area contributed by atoms with Crippen molar-refractivity contribution in [2.24, 2.45) is 0 Å². The Morgan fingerprint density at radius 3 is 2.36 bits per heavy atom. The molecule has 0 aliphatic heterocycles. The van der Waals surface area contributed by atoms with Gasteiger partial charge in [-0.05, 0) is 41.6 Å². The van der Waals surface area contributed by atoms with Crippen molar-refractivity contribution in [3.63, 3.8) is 0 Å². The Bertz CT molecular complexity index is 614. The molecule has 0 amide bonds. The minimum atomic E-state index is -0.689. The molecule has 2 aromatic carbocycles. The molecule has 2 rings (SSSR count). The molecule has 116 valence electrons. The van der Waals surface area contributed by atoms with Crippen LogP contribution in [0.2, 0.25) is 0 Å². The van der Waals surface area contributed by atoms with Gasteiger partial charge in [-0.25, -0.2) is 0 Å². The predicted octanol–water partition coefficient (Wildman–Crippen LogP) is 3.14. The topological polar surface area (TPSA) is 75.4 Å². The third-order valence-electron chi connectivity index (χ3n) is 3.31. The van der Waals surface area contributed by atoms with Crippen molar-refractivity contribution in [1.82, 2.24) is 5.32 Å². The van der Waals surface area contributed by atoms with E-state index < -0.39 is 11.0 Å². The molecule has 22 heavy (non-hydrogen) atoms. The molecular formula is C16H18N2O3S. The van der Waals surface area contributed by atoms with Crippen molar-refractivity contribution in [3.05, 3.63) is 69.8 Å². The van der Waals surface area contributed by atoms with Crippen LogP contribution < -0.4 is 5.32 Å². The van der Waals surface area contributed by atoms with Crippen molar-refractivity contribution in [2.45, 2.75) is 17.5 Å². The van der Waals surface area contributed by atoms with Gasteiger partial charge in [0.2, 0.25) is 0 Å². The number of rotatable bonds is 7. The fourth-order valence-corrected chi connectivity index (χ4v) is 2.44. The second-order valence-electron chi connectivity index (χ2n) is 4.84. The number of hydrogen-bond donors (Lipinski definition) is 2.